The van der Waals surface area contributed by atoms with Crippen LogP contribution in [0.5, 0.6) is 0 Å². The van der Waals surface area contributed by atoms with Gasteiger partial charge in [0.05, 0.1) is 23.1 Å². The highest BCUT2D eigenvalue weighted by Crippen LogP contribution is 2.40. The molecule has 0 radical (unpaired) electrons. The summed E-state index contributed by atoms with van der Waals surface area (Å²) in [6.07, 6.45) is 4.49. The fourth-order valence-corrected chi connectivity index (χ4v) is 4.88. The van der Waals surface area contributed by atoms with Crippen LogP contribution in [0.15, 0.2) is 78.9 Å². The van der Waals surface area contributed by atoms with E-state index in [-0.39, 0.29) is 35.1 Å². The minimum absolute atomic E-state index is 0.00414. The summed E-state index contributed by atoms with van der Waals surface area (Å²) in [7, 11) is 0. The largest absolute Gasteiger partial charge is 0.452 e. The Balaban J connectivity index is 1.21. The van der Waals surface area contributed by atoms with E-state index >= 15 is 0 Å². The normalized spacial score (nSPS) is 21.2. The maximum absolute atomic E-state index is 12.9. The van der Waals surface area contributed by atoms with Crippen LogP contribution in [0.3, 0.4) is 0 Å². The zero-order valence-electron chi connectivity index (χ0n) is 19.1. The summed E-state index contributed by atoms with van der Waals surface area (Å²) in [5, 5.41) is 4.65. The van der Waals surface area contributed by atoms with Gasteiger partial charge in [0.25, 0.3) is 5.91 Å². The van der Waals surface area contributed by atoms with E-state index in [2.05, 4.69) is 5.32 Å². The number of esters is 1. The van der Waals surface area contributed by atoms with Crippen LogP contribution in [0.4, 0.5) is 11.4 Å². The molecule has 0 saturated carbocycles. The summed E-state index contributed by atoms with van der Waals surface area (Å²) in [6, 6.07) is 19.3. The fraction of sp³-hybridized carbons (Fsp3) is 0.214. The highest BCUT2D eigenvalue weighted by molar-refractivity contribution is 6.22. The Morgan fingerprint density at radius 1 is 0.971 bits per heavy atom. The van der Waals surface area contributed by atoms with Crippen molar-refractivity contribution in [3.8, 4) is 0 Å². The van der Waals surface area contributed by atoms with E-state index < -0.39 is 18.5 Å². The molecule has 5 rings (SSSR count). The predicted octanol–water partition coefficient (Wildman–Crippen LogP) is 4.34. The lowest BCUT2D eigenvalue weighted by molar-refractivity contribution is -0.123. The van der Waals surface area contributed by atoms with E-state index in [1.165, 1.54) is 17.0 Å². The molecule has 1 fully saturated rings. The van der Waals surface area contributed by atoms with E-state index in [0.29, 0.717) is 17.8 Å². The lowest BCUT2D eigenvalue weighted by Gasteiger charge is -2.22. The molecule has 35 heavy (non-hydrogen) atoms. The van der Waals surface area contributed by atoms with Crippen LogP contribution < -0.4 is 10.2 Å². The molecule has 7 nitrogen and oxygen atoms in total. The second-order valence-electron chi connectivity index (χ2n) is 8.87. The standard InChI is InChI=1S/C28H24N2O5/c1-17-6-4-10-22-25(17)27(33)30(26(22)32)20-14-12-19(13-15-20)28(34)35-16-24(31)29-23-11-5-8-18-7-2-3-9-21(18)23/h2-9,11-15,17,22,25H,10,16H2,1H3,(H,29,31)/t17-,22+,25+/m1/s1. The Morgan fingerprint density at radius 3 is 2.49 bits per heavy atom. The molecule has 0 aromatic heterocycles. The Kier molecular flexibility index (Phi) is 5.91. The molecule has 0 bridgehead atoms. The SMILES string of the molecule is C[C@@H]1C=CC[C@@H]2C(=O)N(c3ccc(C(=O)OCC(=O)Nc4cccc5ccccc45)cc3)C(=O)[C@@H]12. The maximum Gasteiger partial charge on any atom is 0.338 e. The topological polar surface area (TPSA) is 92.8 Å². The fourth-order valence-electron chi connectivity index (χ4n) is 4.88. The number of carbonyl (C=O) groups excluding carboxylic acids is 4. The van der Waals surface area contributed by atoms with Crippen molar-refractivity contribution < 1.29 is 23.9 Å². The minimum Gasteiger partial charge on any atom is -0.452 e. The van der Waals surface area contributed by atoms with E-state index in [9.17, 15) is 19.2 Å². The number of benzene rings is 3. The van der Waals surface area contributed by atoms with Crippen molar-refractivity contribution in [1.82, 2.24) is 0 Å². The van der Waals surface area contributed by atoms with Gasteiger partial charge in [0.1, 0.15) is 0 Å². The van der Waals surface area contributed by atoms with E-state index in [1.807, 2.05) is 55.5 Å². The van der Waals surface area contributed by atoms with Crippen LogP contribution in [0, 0.1) is 17.8 Å². The number of carbonyl (C=O) groups is 4. The second-order valence-corrected chi connectivity index (χ2v) is 8.87. The predicted molar refractivity (Wildman–Crippen MR) is 132 cm³/mol. The van der Waals surface area contributed by atoms with Crippen molar-refractivity contribution in [2.24, 2.45) is 17.8 Å². The number of amides is 3. The summed E-state index contributed by atoms with van der Waals surface area (Å²) in [5.41, 5.74) is 1.28. The molecule has 1 heterocycles. The minimum atomic E-state index is -0.671. The van der Waals surface area contributed by atoms with Crippen molar-refractivity contribution in [1.29, 1.82) is 0 Å². The van der Waals surface area contributed by atoms with Crippen LogP contribution in [0.25, 0.3) is 10.8 Å². The Bertz CT molecular complexity index is 1360. The highest BCUT2D eigenvalue weighted by atomic mass is 16.5. The molecule has 0 unspecified atom stereocenters. The van der Waals surface area contributed by atoms with E-state index in [4.69, 9.17) is 4.74 Å². The van der Waals surface area contributed by atoms with Gasteiger partial charge in [0.15, 0.2) is 6.61 Å². The first kappa shape index (κ1) is 22.5. The first-order valence-electron chi connectivity index (χ1n) is 11.5. The van der Waals surface area contributed by atoms with Crippen molar-refractivity contribution in [2.75, 3.05) is 16.8 Å². The molecule has 3 atom stereocenters. The molecule has 0 spiro atoms. The Morgan fingerprint density at radius 2 is 1.71 bits per heavy atom. The van der Waals surface area contributed by atoms with Gasteiger partial charge >= 0.3 is 5.97 Å². The van der Waals surface area contributed by atoms with Crippen molar-refractivity contribution in [2.45, 2.75) is 13.3 Å². The average Bonchev–Trinajstić information content (AvgIpc) is 3.13. The number of anilines is 2. The second kappa shape index (κ2) is 9.18. The van der Waals surface area contributed by atoms with E-state index in [0.717, 1.165) is 10.8 Å². The number of rotatable bonds is 5. The molecular weight excluding hydrogens is 444 g/mol. The molecule has 2 aliphatic rings. The third-order valence-electron chi connectivity index (χ3n) is 6.63. The lowest BCUT2D eigenvalue weighted by atomic mass is 9.78. The van der Waals surface area contributed by atoms with Gasteiger partial charge in [-0.25, -0.2) is 4.79 Å². The molecular formula is C28H24N2O5. The first-order valence-corrected chi connectivity index (χ1v) is 11.5. The monoisotopic (exact) mass is 468 g/mol. The van der Waals surface area contributed by atoms with Gasteiger partial charge in [-0.15, -0.1) is 0 Å². The first-order chi connectivity index (χ1) is 16.9. The van der Waals surface area contributed by atoms with Crippen molar-refractivity contribution in [3.63, 3.8) is 0 Å². The third-order valence-corrected chi connectivity index (χ3v) is 6.63. The number of imide groups is 1. The number of fused-ring (bicyclic) bond motifs is 2. The summed E-state index contributed by atoms with van der Waals surface area (Å²) in [6.45, 7) is 1.50. The van der Waals surface area contributed by atoms with Gasteiger partial charge in [-0.1, -0.05) is 55.5 Å². The number of allylic oxidation sites excluding steroid dienone is 2. The number of hydrogen-bond donors (Lipinski definition) is 1. The van der Waals surface area contributed by atoms with Crippen LogP contribution >= 0.6 is 0 Å². The number of hydrogen-bond acceptors (Lipinski definition) is 5. The number of ether oxygens (including phenoxy) is 1. The van der Waals surface area contributed by atoms with Crippen molar-refractivity contribution >= 4 is 45.8 Å². The van der Waals surface area contributed by atoms with Crippen LogP contribution in [-0.2, 0) is 19.1 Å². The van der Waals surface area contributed by atoms with Gasteiger partial charge in [-0.2, -0.15) is 0 Å². The smallest absolute Gasteiger partial charge is 0.338 e. The lowest BCUT2D eigenvalue weighted by Crippen LogP contribution is -2.31. The van der Waals surface area contributed by atoms with Crippen LogP contribution in [0.1, 0.15) is 23.7 Å². The molecule has 7 heteroatoms. The molecule has 1 aliphatic carbocycles. The molecule has 1 aliphatic heterocycles. The molecule has 3 amide bonds. The summed E-state index contributed by atoms with van der Waals surface area (Å²) < 4.78 is 5.17. The maximum atomic E-state index is 12.9. The average molecular weight is 469 g/mol. The summed E-state index contributed by atoms with van der Waals surface area (Å²) in [4.78, 5) is 51.8. The third kappa shape index (κ3) is 4.21. The summed E-state index contributed by atoms with van der Waals surface area (Å²) in [5.74, 6) is -2.23. The van der Waals surface area contributed by atoms with Gasteiger partial charge in [-0.05, 0) is 48.1 Å². The molecule has 3 aromatic carbocycles. The van der Waals surface area contributed by atoms with Gasteiger partial charge < -0.3 is 10.1 Å². The van der Waals surface area contributed by atoms with Gasteiger partial charge in [-0.3, -0.25) is 19.3 Å². The van der Waals surface area contributed by atoms with Gasteiger partial charge in [0, 0.05) is 11.1 Å². The van der Waals surface area contributed by atoms with Gasteiger partial charge in [0.2, 0.25) is 11.8 Å². The van der Waals surface area contributed by atoms with E-state index in [1.54, 1.807) is 18.2 Å². The summed E-state index contributed by atoms with van der Waals surface area (Å²) >= 11 is 0. The number of nitrogens with zero attached hydrogens (tertiary/aromatic N) is 1. The Labute approximate surface area is 202 Å². The zero-order chi connectivity index (χ0) is 24.5. The van der Waals surface area contributed by atoms with Crippen LogP contribution in [-0.4, -0.2) is 30.3 Å². The quantitative estimate of drug-likeness (QED) is 0.342. The molecule has 176 valence electrons. The number of nitrogens with one attached hydrogen (secondary N) is 1. The molecule has 1 saturated heterocycles. The zero-order valence-corrected chi connectivity index (χ0v) is 19.1. The Hall–Kier alpha value is -4.26. The highest BCUT2D eigenvalue weighted by Gasteiger charge is 2.50. The molecule has 1 N–H and O–H groups in total. The van der Waals surface area contributed by atoms with Crippen molar-refractivity contribution in [3.05, 3.63) is 84.4 Å². The molecule has 3 aromatic rings. The van der Waals surface area contributed by atoms with Crippen LogP contribution in [0.2, 0.25) is 0 Å².